The molecular weight excluding hydrogens is 276 g/mol. The van der Waals surface area contributed by atoms with Crippen molar-refractivity contribution in [1.82, 2.24) is 10.0 Å². The lowest BCUT2D eigenvalue weighted by molar-refractivity contribution is 0.0951. The smallest absolute Gasteiger partial charge is 0.251 e. The van der Waals surface area contributed by atoms with E-state index in [1.807, 2.05) is 6.92 Å². The first-order valence-corrected chi connectivity index (χ1v) is 8.42. The summed E-state index contributed by atoms with van der Waals surface area (Å²) < 4.78 is 26.7. The van der Waals surface area contributed by atoms with Crippen molar-refractivity contribution >= 4 is 15.9 Å². The summed E-state index contributed by atoms with van der Waals surface area (Å²) in [4.78, 5) is 12.0. The molecule has 1 amide bonds. The molecule has 2 N–H and O–H groups in total. The van der Waals surface area contributed by atoms with Gasteiger partial charge in [0.15, 0.2) is 0 Å². The molecule has 1 aliphatic carbocycles. The van der Waals surface area contributed by atoms with Gasteiger partial charge in [0.2, 0.25) is 10.0 Å². The number of benzene rings is 1. The maximum atomic E-state index is 12.1. The van der Waals surface area contributed by atoms with Gasteiger partial charge in [-0.05, 0) is 37.5 Å². The van der Waals surface area contributed by atoms with Gasteiger partial charge in [0.25, 0.3) is 5.91 Å². The van der Waals surface area contributed by atoms with Crippen molar-refractivity contribution in [1.29, 1.82) is 0 Å². The van der Waals surface area contributed by atoms with E-state index in [9.17, 15) is 13.2 Å². The van der Waals surface area contributed by atoms with Gasteiger partial charge in [-0.2, -0.15) is 0 Å². The quantitative estimate of drug-likeness (QED) is 0.751. The van der Waals surface area contributed by atoms with Crippen molar-refractivity contribution in [2.24, 2.45) is 0 Å². The molecular formula is C14H20N2O3S. The van der Waals surface area contributed by atoms with E-state index in [1.165, 1.54) is 12.1 Å². The molecule has 6 heteroatoms. The van der Waals surface area contributed by atoms with Crippen LogP contribution in [-0.4, -0.2) is 26.9 Å². The zero-order chi connectivity index (χ0) is 14.6. The van der Waals surface area contributed by atoms with Gasteiger partial charge in [-0.3, -0.25) is 4.79 Å². The van der Waals surface area contributed by atoms with Crippen molar-refractivity contribution in [3.8, 4) is 0 Å². The zero-order valence-electron chi connectivity index (χ0n) is 11.6. The molecule has 2 rings (SSSR count). The Balaban J connectivity index is 2.09. The van der Waals surface area contributed by atoms with Crippen LogP contribution < -0.4 is 10.0 Å². The maximum absolute atomic E-state index is 12.1. The molecule has 0 radical (unpaired) electrons. The first kappa shape index (κ1) is 15.0. The zero-order valence-corrected chi connectivity index (χ0v) is 12.4. The molecule has 1 aliphatic rings. The Morgan fingerprint density at radius 2 is 2.10 bits per heavy atom. The second kappa shape index (κ2) is 6.37. The highest BCUT2D eigenvalue weighted by Crippen LogP contribution is 2.20. The third kappa shape index (κ3) is 4.05. The summed E-state index contributed by atoms with van der Waals surface area (Å²) in [6, 6.07) is 6.40. The topological polar surface area (TPSA) is 75.3 Å². The van der Waals surface area contributed by atoms with E-state index in [4.69, 9.17) is 0 Å². The Bertz CT molecular complexity index is 580. The van der Waals surface area contributed by atoms with Crippen molar-refractivity contribution < 1.29 is 13.2 Å². The second-order valence-electron chi connectivity index (χ2n) is 5.03. The minimum Gasteiger partial charge on any atom is -0.349 e. The Kier molecular flexibility index (Phi) is 4.77. The number of unbranched alkanes of at least 4 members (excludes halogenated alkanes) is 1. The molecule has 20 heavy (non-hydrogen) atoms. The third-order valence-corrected chi connectivity index (χ3v) is 4.60. The second-order valence-corrected chi connectivity index (χ2v) is 6.79. The van der Waals surface area contributed by atoms with Crippen LogP contribution in [-0.2, 0) is 10.0 Å². The SMILES string of the molecule is CCCCNS(=O)(=O)c1cccc(C(=O)NC2CC2)c1. The maximum Gasteiger partial charge on any atom is 0.251 e. The molecule has 0 atom stereocenters. The lowest BCUT2D eigenvalue weighted by Gasteiger charge is -2.08. The third-order valence-electron chi connectivity index (χ3n) is 3.14. The van der Waals surface area contributed by atoms with Crippen LogP contribution >= 0.6 is 0 Å². The Labute approximate surface area is 119 Å². The Morgan fingerprint density at radius 1 is 1.35 bits per heavy atom. The van der Waals surface area contributed by atoms with Crippen LogP contribution in [0.1, 0.15) is 43.0 Å². The van der Waals surface area contributed by atoms with Gasteiger partial charge in [-0.1, -0.05) is 19.4 Å². The van der Waals surface area contributed by atoms with Crippen LogP contribution in [0.5, 0.6) is 0 Å². The predicted octanol–water partition coefficient (Wildman–Crippen LogP) is 1.66. The molecule has 0 aliphatic heterocycles. The predicted molar refractivity (Wildman–Crippen MR) is 77.0 cm³/mol. The molecule has 1 aromatic rings. The fraction of sp³-hybridized carbons (Fsp3) is 0.500. The molecule has 0 unspecified atom stereocenters. The fourth-order valence-electron chi connectivity index (χ4n) is 1.77. The van der Waals surface area contributed by atoms with Gasteiger partial charge in [0, 0.05) is 18.2 Å². The number of hydrogen-bond acceptors (Lipinski definition) is 3. The van der Waals surface area contributed by atoms with Crippen LogP contribution in [0, 0.1) is 0 Å². The number of carbonyl (C=O) groups excluding carboxylic acids is 1. The lowest BCUT2D eigenvalue weighted by atomic mass is 10.2. The van der Waals surface area contributed by atoms with E-state index in [0.717, 1.165) is 25.7 Å². The number of hydrogen-bond donors (Lipinski definition) is 2. The van der Waals surface area contributed by atoms with Gasteiger partial charge in [-0.15, -0.1) is 0 Å². The largest absolute Gasteiger partial charge is 0.349 e. The van der Waals surface area contributed by atoms with Crippen molar-refractivity contribution in [2.75, 3.05) is 6.54 Å². The molecule has 0 saturated heterocycles. The van der Waals surface area contributed by atoms with Crippen LogP contribution in [0.3, 0.4) is 0 Å². The summed E-state index contributed by atoms with van der Waals surface area (Å²) in [5, 5.41) is 2.85. The first-order valence-electron chi connectivity index (χ1n) is 6.93. The normalized spacial score (nSPS) is 15.1. The number of carbonyl (C=O) groups is 1. The van der Waals surface area contributed by atoms with Crippen molar-refractivity contribution in [2.45, 2.75) is 43.5 Å². The number of rotatable bonds is 7. The standard InChI is InChI=1S/C14H20N2O3S/c1-2-3-9-15-20(18,19)13-6-4-5-11(10-13)14(17)16-12-7-8-12/h4-6,10,12,15H,2-3,7-9H2,1H3,(H,16,17). The highest BCUT2D eigenvalue weighted by Gasteiger charge is 2.24. The van der Waals surface area contributed by atoms with E-state index in [2.05, 4.69) is 10.0 Å². The molecule has 1 saturated carbocycles. The van der Waals surface area contributed by atoms with Crippen LogP contribution in [0.4, 0.5) is 0 Å². The summed E-state index contributed by atoms with van der Waals surface area (Å²) in [5.74, 6) is -0.210. The number of nitrogens with one attached hydrogen (secondary N) is 2. The summed E-state index contributed by atoms with van der Waals surface area (Å²) in [5.41, 5.74) is 0.385. The van der Waals surface area contributed by atoms with Crippen molar-refractivity contribution in [3.63, 3.8) is 0 Å². The van der Waals surface area contributed by atoms with E-state index in [0.29, 0.717) is 12.1 Å². The van der Waals surface area contributed by atoms with Gasteiger partial charge in [0.05, 0.1) is 4.90 Å². The highest BCUT2D eigenvalue weighted by molar-refractivity contribution is 7.89. The Hall–Kier alpha value is -1.40. The van der Waals surface area contributed by atoms with E-state index >= 15 is 0 Å². The minimum absolute atomic E-state index is 0.136. The lowest BCUT2D eigenvalue weighted by Crippen LogP contribution is -2.27. The van der Waals surface area contributed by atoms with Crippen LogP contribution in [0.2, 0.25) is 0 Å². The molecule has 110 valence electrons. The molecule has 1 aromatic carbocycles. The van der Waals surface area contributed by atoms with E-state index < -0.39 is 10.0 Å². The fourth-order valence-corrected chi connectivity index (χ4v) is 2.89. The van der Waals surface area contributed by atoms with E-state index in [1.54, 1.807) is 12.1 Å². The van der Waals surface area contributed by atoms with Gasteiger partial charge in [0.1, 0.15) is 0 Å². The van der Waals surface area contributed by atoms with Crippen LogP contribution in [0.15, 0.2) is 29.2 Å². The van der Waals surface area contributed by atoms with Gasteiger partial charge >= 0.3 is 0 Å². The molecule has 0 aromatic heterocycles. The number of amides is 1. The monoisotopic (exact) mass is 296 g/mol. The minimum atomic E-state index is -3.53. The van der Waals surface area contributed by atoms with Gasteiger partial charge < -0.3 is 5.32 Å². The summed E-state index contributed by atoms with van der Waals surface area (Å²) in [7, 11) is -3.53. The average molecular weight is 296 g/mol. The average Bonchev–Trinajstić information content (AvgIpc) is 3.23. The molecule has 5 nitrogen and oxygen atoms in total. The molecule has 0 bridgehead atoms. The Morgan fingerprint density at radius 3 is 2.75 bits per heavy atom. The van der Waals surface area contributed by atoms with Crippen LogP contribution in [0.25, 0.3) is 0 Å². The van der Waals surface area contributed by atoms with Crippen molar-refractivity contribution in [3.05, 3.63) is 29.8 Å². The molecule has 0 heterocycles. The molecule has 1 fully saturated rings. The van der Waals surface area contributed by atoms with E-state index in [-0.39, 0.29) is 16.8 Å². The number of sulfonamides is 1. The first-order chi connectivity index (χ1) is 9.53. The summed E-state index contributed by atoms with van der Waals surface area (Å²) in [6.07, 6.45) is 3.72. The summed E-state index contributed by atoms with van der Waals surface area (Å²) in [6.45, 7) is 2.41. The highest BCUT2D eigenvalue weighted by atomic mass is 32.2. The summed E-state index contributed by atoms with van der Waals surface area (Å²) >= 11 is 0. The van der Waals surface area contributed by atoms with Gasteiger partial charge in [-0.25, -0.2) is 13.1 Å². The molecule has 0 spiro atoms.